The molecule has 3 amide bonds. The summed E-state index contributed by atoms with van der Waals surface area (Å²) in [7, 11) is 1.62. The van der Waals surface area contributed by atoms with Crippen molar-refractivity contribution in [2.75, 3.05) is 25.5 Å². The van der Waals surface area contributed by atoms with Gasteiger partial charge in [0.25, 0.3) is 11.8 Å². The highest BCUT2D eigenvalue weighted by Gasteiger charge is 2.41. The van der Waals surface area contributed by atoms with Crippen molar-refractivity contribution in [1.29, 1.82) is 0 Å². The summed E-state index contributed by atoms with van der Waals surface area (Å²) in [5, 5.41) is 8.12. The highest BCUT2D eigenvalue weighted by molar-refractivity contribution is 6.10. The minimum atomic E-state index is -0.596. The molecular weight excluding hydrogens is 420 g/mol. The number of nitrogens with two attached hydrogens (primary N) is 1. The number of methoxy groups -OCH3 is 1. The smallest absolute Gasteiger partial charge is 0.278 e. The lowest BCUT2D eigenvalue weighted by molar-refractivity contribution is -0.657. The number of nitrogens with zero attached hydrogens (tertiary/aromatic N) is 1. The molecule has 3 heterocycles. The first-order valence-electron chi connectivity index (χ1n) is 11.6. The second kappa shape index (κ2) is 8.86. The summed E-state index contributed by atoms with van der Waals surface area (Å²) in [6, 6.07) is 12.4. The summed E-state index contributed by atoms with van der Waals surface area (Å²) in [5.74, 6) is 0.447. The lowest BCUT2D eigenvalue weighted by atomic mass is 9.95. The third-order valence-corrected chi connectivity index (χ3v) is 6.95. The number of piperidine rings is 1. The van der Waals surface area contributed by atoms with Gasteiger partial charge in [-0.25, -0.2) is 0 Å². The number of carbonyl (C=O) groups excluding carboxylic acids is 3. The molecule has 2 saturated heterocycles. The third-order valence-electron chi connectivity index (χ3n) is 6.95. The predicted molar refractivity (Wildman–Crippen MR) is 123 cm³/mol. The van der Waals surface area contributed by atoms with Gasteiger partial charge >= 0.3 is 0 Å². The van der Waals surface area contributed by atoms with Crippen LogP contribution in [0.1, 0.15) is 36.0 Å². The highest BCUT2D eigenvalue weighted by Crippen LogP contribution is 2.32. The Hall–Kier alpha value is -3.39. The molecule has 0 unspecified atom stereocenters. The Kier molecular flexibility index (Phi) is 5.76. The number of quaternary nitrogens is 1. The fraction of sp³-hybridized carbons (Fsp3) is 0.400. The van der Waals surface area contributed by atoms with Gasteiger partial charge in [-0.05, 0) is 48.2 Å². The quantitative estimate of drug-likeness (QED) is 0.651. The normalized spacial score (nSPS) is 24.4. The van der Waals surface area contributed by atoms with Crippen LogP contribution in [0.2, 0.25) is 0 Å². The van der Waals surface area contributed by atoms with Crippen molar-refractivity contribution in [2.24, 2.45) is 0 Å². The summed E-state index contributed by atoms with van der Waals surface area (Å²) in [5.41, 5.74) is 2.87. The van der Waals surface area contributed by atoms with E-state index in [9.17, 15) is 14.4 Å². The Morgan fingerprint density at radius 2 is 1.91 bits per heavy atom. The molecule has 172 valence electrons. The van der Waals surface area contributed by atoms with E-state index in [1.807, 2.05) is 36.4 Å². The summed E-state index contributed by atoms with van der Waals surface area (Å²) >= 11 is 0. The summed E-state index contributed by atoms with van der Waals surface area (Å²) in [6.07, 6.45) is 3.00. The third kappa shape index (κ3) is 4.18. The number of hydrogen-bond acceptors (Lipinski definition) is 4. The van der Waals surface area contributed by atoms with Crippen molar-refractivity contribution in [3.63, 3.8) is 0 Å². The van der Waals surface area contributed by atoms with E-state index >= 15 is 0 Å². The van der Waals surface area contributed by atoms with Crippen LogP contribution in [0.4, 0.5) is 5.69 Å². The molecule has 33 heavy (non-hydrogen) atoms. The number of nitrogens with one attached hydrogen (secondary N) is 2. The maximum absolute atomic E-state index is 13.5. The SMILES string of the molecule is COc1ccc(-c2ccc3c(c2)C(=O)N2CC[C@H](NC(=O)[C@H]4CCC[NH2+]4)C[C@H]2C(=O)N3)cc1. The lowest BCUT2D eigenvalue weighted by Crippen LogP contribution is -2.89. The fourth-order valence-electron chi connectivity index (χ4n) is 5.07. The van der Waals surface area contributed by atoms with Gasteiger partial charge in [0, 0.05) is 25.4 Å². The van der Waals surface area contributed by atoms with E-state index < -0.39 is 6.04 Å². The van der Waals surface area contributed by atoms with Crippen molar-refractivity contribution < 1.29 is 24.4 Å². The molecule has 3 aliphatic rings. The van der Waals surface area contributed by atoms with Crippen molar-refractivity contribution in [3.05, 3.63) is 48.0 Å². The number of hydrogen-bond donors (Lipinski definition) is 3. The van der Waals surface area contributed by atoms with Crippen LogP contribution in [0, 0.1) is 0 Å². The molecule has 0 radical (unpaired) electrons. The zero-order valence-corrected chi connectivity index (χ0v) is 18.7. The van der Waals surface area contributed by atoms with E-state index in [2.05, 4.69) is 16.0 Å². The molecule has 3 atom stereocenters. The Labute approximate surface area is 192 Å². The standard InChI is InChI=1S/C25H28N4O4/c1-33-18-7-4-15(5-8-18)16-6-9-20-19(13-16)25(32)29-12-10-17(14-22(29)24(31)28-20)27-23(30)21-3-2-11-26-21/h4-9,13,17,21-22,26H,2-3,10-12,14H2,1H3,(H,27,30)(H,28,31)/p+1/t17-,21+,22-/m0/s1. The molecule has 3 aliphatic heterocycles. The average Bonchev–Trinajstić information content (AvgIpc) is 3.36. The molecule has 0 saturated carbocycles. The monoisotopic (exact) mass is 449 g/mol. The number of rotatable bonds is 4. The largest absolute Gasteiger partial charge is 0.497 e. The molecule has 2 fully saturated rings. The van der Waals surface area contributed by atoms with Crippen LogP contribution in [0.25, 0.3) is 11.1 Å². The second-order valence-corrected chi connectivity index (χ2v) is 9.00. The van der Waals surface area contributed by atoms with E-state index in [1.54, 1.807) is 18.1 Å². The summed E-state index contributed by atoms with van der Waals surface area (Å²) < 4.78 is 5.23. The first kappa shape index (κ1) is 21.5. The maximum atomic E-state index is 13.5. The Morgan fingerprint density at radius 1 is 1.12 bits per heavy atom. The molecule has 2 aromatic carbocycles. The van der Waals surface area contributed by atoms with E-state index in [0.717, 1.165) is 36.3 Å². The number of benzene rings is 2. The van der Waals surface area contributed by atoms with Crippen LogP contribution in [0.5, 0.6) is 5.75 Å². The van der Waals surface area contributed by atoms with Gasteiger partial charge in [-0.1, -0.05) is 18.2 Å². The number of ether oxygens (including phenoxy) is 1. The van der Waals surface area contributed by atoms with Gasteiger partial charge in [0.05, 0.1) is 24.9 Å². The van der Waals surface area contributed by atoms with E-state index in [0.29, 0.717) is 30.6 Å². The highest BCUT2D eigenvalue weighted by atomic mass is 16.5. The first-order chi connectivity index (χ1) is 16.0. The van der Waals surface area contributed by atoms with Crippen molar-refractivity contribution in [2.45, 2.75) is 43.8 Å². The average molecular weight is 450 g/mol. The Bertz CT molecular complexity index is 1080. The lowest BCUT2D eigenvalue weighted by Gasteiger charge is -2.37. The van der Waals surface area contributed by atoms with Crippen LogP contribution in [-0.2, 0) is 9.59 Å². The van der Waals surface area contributed by atoms with Crippen molar-refractivity contribution >= 4 is 23.4 Å². The number of amides is 3. The van der Waals surface area contributed by atoms with E-state index in [1.165, 1.54) is 0 Å². The van der Waals surface area contributed by atoms with Crippen LogP contribution in [-0.4, -0.2) is 60.9 Å². The van der Waals surface area contributed by atoms with Gasteiger partial charge in [0.15, 0.2) is 6.04 Å². The zero-order chi connectivity index (χ0) is 22.9. The van der Waals surface area contributed by atoms with E-state index in [-0.39, 0.29) is 29.8 Å². The molecule has 2 aromatic rings. The molecule has 0 aliphatic carbocycles. The Morgan fingerprint density at radius 3 is 2.64 bits per heavy atom. The minimum Gasteiger partial charge on any atom is -0.497 e. The second-order valence-electron chi connectivity index (χ2n) is 9.00. The van der Waals surface area contributed by atoms with Crippen molar-refractivity contribution in [3.8, 4) is 16.9 Å². The molecule has 4 N–H and O–H groups in total. The summed E-state index contributed by atoms with van der Waals surface area (Å²) in [6.45, 7) is 1.41. The van der Waals surface area contributed by atoms with Crippen LogP contribution in [0.3, 0.4) is 0 Å². The van der Waals surface area contributed by atoms with Gasteiger partial charge in [-0.15, -0.1) is 0 Å². The molecule has 8 heteroatoms. The van der Waals surface area contributed by atoms with Gasteiger partial charge < -0.3 is 25.6 Å². The van der Waals surface area contributed by atoms with Gasteiger partial charge in [0.2, 0.25) is 5.91 Å². The minimum absolute atomic E-state index is 0.0340. The van der Waals surface area contributed by atoms with Crippen molar-refractivity contribution in [1.82, 2.24) is 10.2 Å². The van der Waals surface area contributed by atoms with E-state index in [4.69, 9.17) is 4.74 Å². The van der Waals surface area contributed by atoms with Crippen LogP contribution >= 0.6 is 0 Å². The van der Waals surface area contributed by atoms with Crippen LogP contribution in [0.15, 0.2) is 42.5 Å². The number of fused-ring (bicyclic) bond motifs is 2. The number of anilines is 1. The number of carbonyl (C=O) groups is 3. The molecule has 8 nitrogen and oxygen atoms in total. The molecule has 0 spiro atoms. The van der Waals surface area contributed by atoms with Gasteiger partial charge in [-0.3, -0.25) is 14.4 Å². The summed E-state index contributed by atoms with van der Waals surface area (Å²) in [4.78, 5) is 40.7. The fourth-order valence-corrected chi connectivity index (χ4v) is 5.07. The molecular formula is C25H29N4O4+. The molecule has 5 rings (SSSR count). The van der Waals surface area contributed by atoms with Crippen LogP contribution < -0.4 is 20.7 Å². The molecule has 0 bridgehead atoms. The zero-order valence-electron chi connectivity index (χ0n) is 18.7. The Balaban J connectivity index is 1.35. The first-order valence-corrected chi connectivity index (χ1v) is 11.6. The topological polar surface area (TPSA) is 104 Å². The maximum Gasteiger partial charge on any atom is 0.278 e. The van der Waals surface area contributed by atoms with Gasteiger partial charge in [-0.2, -0.15) is 0 Å². The van der Waals surface area contributed by atoms with Gasteiger partial charge in [0.1, 0.15) is 11.8 Å². The molecule has 0 aromatic heterocycles. The predicted octanol–water partition coefficient (Wildman–Crippen LogP) is 1.13.